The second-order valence-corrected chi connectivity index (χ2v) is 9.87. The highest BCUT2D eigenvalue weighted by molar-refractivity contribution is 5.89. The highest BCUT2D eigenvalue weighted by Crippen LogP contribution is 2.27. The molecule has 1 saturated heterocycles. The zero-order valence-electron chi connectivity index (χ0n) is 20.8. The lowest BCUT2D eigenvalue weighted by Gasteiger charge is -2.39. The lowest BCUT2D eigenvalue weighted by molar-refractivity contribution is -0.149. The summed E-state index contributed by atoms with van der Waals surface area (Å²) < 4.78 is 0. The summed E-state index contributed by atoms with van der Waals surface area (Å²) in [4.78, 5) is 33.4. The summed E-state index contributed by atoms with van der Waals surface area (Å²) >= 11 is 0. The number of hydrogen-bond acceptors (Lipinski definition) is 3. The minimum absolute atomic E-state index is 0.0650. The molecule has 5 heteroatoms. The van der Waals surface area contributed by atoms with E-state index in [1.165, 1.54) is 16.7 Å². The van der Waals surface area contributed by atoms with E-state index in [9.17, 15) is 9.59 Å². The maximum Gasteiger partial charge on any atom is 0.245 e. The highest BCUT2D eigenvalue weighted by atomic mass is 16.2. The number of rotatable bonds is 7. The minimum atomic E-state index is -0.388. The van der Waals surface area contributed by atoms with Crippen LogP contribution in [0.5, 0.6) is 0 Å². The van der Waals surface area contributed by atoms with Crippen LogP contribution in [-0.4, -0.2) is 65.3 Å². The average Bonchev–Trinajstić information content (AvgIpc) is 3.13. The van der Waals surface area contributed by atoms with E-state index in [-0.39, 0.29) is 23.8 Å². The molecular formula is C29H39N3O2. The van der Waals surface area contributed by atoms with E-state index in [2.05, 4.69) is 47.4 Å². The van der Waals surface area contributed by atoms with Gasteiger partial charge in [0, 0.05) is 38.5 Å². The Hall–Kier alpha value is -2.66. The van der Waals surface area contributed by atoms with Gasteiger partial charge >= 0.3 is 0 Å². The molecule has 2 amide bonds. The van der Waals surface area contributed by atoms with E-state index < -0.39 is 0 Å². The molecule has 2 aliphatic rings. The van der Waals surface area contributed by atoms with E-state index in [0.717, 1.165) is 58.4 Å². The minimum Gasteiger partial charge on any atom is -0.340 e. The quantitative estimate of drug-likeness (QED) is 0.622. The Labute approximate surface area is 204 Å². The van der Waals surface area contributed by atoms with Gasteiger partial charge in [0.25, 0.3) is 0 Å². The lowest BCUT2D eigenvalue weighted by atomic mass is 9.91. The van der Waals surface area contributed by atoms with Crippen LogP contribution in [0.3, 0.4) is 0 Å². The smallest absolute Gasteiger partial charge is 0.245 e. The van der Waals surface area contributed by atoms with E-state index in [0.29, 0.717) is 13.0 Å². The third-order valence-electron chi connectivity index (χ3n) is 7.53. The number of hydrogen-bond donors (Lipinski definition) is 0. The van der Waals surface area contributed by atoms with Gasteiger partial charge in [-0.2, -0.15) is 0 Å². The first-order chi connectivity index (χ1) is 16.6. The van der Waals surface area contributed by atoms with Gasteiger partial charge in [0.05, 0.1) is 0 Å². The van der Waals surface area contributed by atoms with Crippen LogP contribution in [0.2, 0.25) is 0 Å². The van der Waals surface area contributed by atoms with Gasteiger partial charge in [0.2, 0.25) is 11.8 Å². The number of aryl methyl sites for hydroxylation is 1. The predicted molar refractivity (Wildman–Crippen MR) is 136 cm³/mol. The second kappa shape index (κ2) is 11.7. The van der Waals surface area contributed by atoms with E-state index in [1.54, 1.807) is 0 Å². The summed E-state index contributed by atoms with van der Waals surface area (Å²) in [5.41, 5.74) is 3.76. The molecule has 2 aromatic rings. The molecule has 4 rings (SSSR count). The van der Waals surface area contributed by atoms with Gasteiger partial charge < -0.3 is 14.7 Å². The third-order valence-corrected chi connectivity index (χ3v) is 7.53. The Morgan fingerprint density at radius 2 is 1.68 bits per heavy atom. The van der Waals surface area contributed by atoms with Crippen LogP contribution in [-0.2, 0) is 29.0 Å². The topological polar surface area (TPSA) is 43.9 Å². The molecule has 2 heterocycles. The molecule has 182 valence electrons. The van der Waals surface area contributed by atoms with Gasteiger partial charge in [-0.3, -0.25) is 9.59 Å². The lowest BCUT2D eigenvalue weighted by Crippen LogP contribution is -2.55. The van der Waals surface area contributed by atoms with Gasteiger partial charge in [-0.15, -0.1) is 0 Å². The number of fused-ring (bicyclic) bond motifs is 1. The van der Waals surface area contributed by atoms with Crippen molar-refractivity contribution in [2.75, 3.05) is 32.7 Å². The van der Waals surface area contributed by atoms with Crippen molar-refractivity contribution in [1.29, 1.82) is 0 Å². The van der Waals surface area contributed by atoms with Gasteiger partial charge in [-0.1, -0.05) is 68.4 Å². The molecule has 1 fully saturated rings. The normalized spacial score (nSPS) is 19.9. The van der Waals surface area contributed by atoms with Crippen molar-refractivity contribution in [3.8, 4) is 0 Å². The number of carbonyl (C=O) groups is 2. The van der Waals surface area contributed by atoms with E-state index >= 15 is 0 Å². The first-order valence-corrected chi connectivity index (χ1v) is 13.0. The molecule has 0 saturated carbocycles. The number of nitrogens with zero attached hydrogens (tertiary/aromatic N) is 3. The van der Waals surface area contributed by atoms with Crippen molar-refractivity contribution in [2.24, 2.45) is 5.92 Å². The SMILES string of the molecule is CCC(C)C(=O)N1Cc2ccccc2CC1C(=O)N1CCCN(CCCc2ccccc2)CC1. The molecular weight excluding hydrogens is 422 g/mol. The van der Waals surface area contributed by atoms with Gasteiger partial charge in [0.1, 0.15) is 6.04 Å². The first-order valence-electron chi connectivity index (χ1n) is 13.0. The fraction of sp³-hybridized carbons (Fsp3) is 0.517. The van der Waals surface area contributed by atoms with Crippen LogP contribution in [0.25, 0.3) is 0 Å². The molecule has 0 aliphatic carbocycles. The Balaban J connectivity index is 1.38. The molecule has 0 radical (unpaired) electrons. The Morgan fingerprint density at radius 3 is 2.44 bits per heavy atom. The molecule has 0 spiro atoms. The van der Waals surface area contributed by atoms with Crippen LogP contribution in [0.15, 0.2) is 54.6 Å². The Morgan fingerprint density at radius 1 is 0.941 bits per heavy atom. The maximum atomic E-state index is 13.8. The molecule has 34 heavy (non-hydrogen) atoms. The second-order valence-electron chi connectivity index (χ2n) is 9.87. The summed E-state index contributed by atoms with van der Waals surface area (Å²) in [6.45, 7) is 9.07. The summed E-state index contributed by atoms with van der Waals surface area (Å²) in [6, 6.07) is 18.5. The van der Waals surface area contributed by atoms with Crippen molar-refractivity contribution < 1.29 is 9.59 Å². The highest BCUT2D eigenvalue weighted by Gasteiger charge is 2.38. The first kappa shape index (κ1) is 24.5. The third kappa shape index (κ3) is 5.87. The van der Waals surface area contributed by atoms with Crippen LogP contribution < -0.4 is 0 Å². The molecule has 0 bridgehead atoms. The molecule has 2 unspecified atom stereocenters. The fourth-order valence-electron chi connectivity index (χ4n) is 5.21. The van der Waals surface area contributed by atoms with Crippen molar-refractivity contribution >= 4 is 11.8 Å². The van der Waals surface area contributed by atoms with Crippen LogP contribution in [0.4, 0.5) is 0 Å². The molecule has 5 nitrogen and oxygen atoms in total. The Kier molecular flexibility index (Phi) is 8.39. The fourth-order valence-corrected chi connectivity index (χ4v) is 5.21. The average molecular weight is 462 g/mol. The van der Waals surface area contributed by atoms with Crippen molar-refractivity contribution in [2.45, 2.75) is 58.5 Å². The van der Waals surface area contributed by atoms with Crippen molar-refractivity contribution in [3.05, 3.63) is 71.3 Å². The van der Waals surface area contributed by atoms with E-state index in [1.807, 2.05) is 35.8 Å². The maximum absolute atomic E-state index is 13.8. The zero-order chi connectivity index (χ0) is 23.9. The molecule has 2 aliphatic heterocycles. The number of benzene rings is 2. The predicted octanol–water partition coefficient (Wildman–Crippen LogP) is 4.15. The largest absolute Gasteiger partial charge is 0.340 e. The van der Waals surface area contributed by atoms with Gasteiger partial charge in [-0.05, 0) is 55.5 Å². The number of carbonyl (C=O) groups excluding carboxylic acids is 2. The summed E-state index contributed by atoms with van der Waals surface area (Å²) in [5, 5.41) is 0. The van der Waals surface area contributed by atoms with Gasteiger partial charge in [-0.25, -0.2) is 0 Å². The number of amides is 2. The standard InChI is InChI=1S/C29H39N3O2/c1-3-23(2)28(33)32-22-26-15-8-7-14-25(26)21-27(32)29(34)31-18-10-17-30(19-20-31)16-9-13-24-11-5-4-6-12-24/h4-8,11-12,14-15,23,27H,3,9-10,13,16-22H2,1-2H3. The summed E-state index contributed by atoms with van der Waals surface area (Å²) in [5.74, 6) is 0.162. The monoisotopic (exact) mass is 461 g/mol. The Bertz CT molecular complexity index is 961. The summed E-state index contributed by atoms with van der Waals surface area (Å²) in [6.07, 6.45) is 4.62. The van der Waals surface area contributed by atoms with E-state index in [4.69, 9.17) is 0 Å². The summed E-state index contributed by atoms with van der Waals surface area (Å²) in [7, 11) is 0. The van der Waals surface area contributed by atoms with Crippen LogP contribution in [0.1, 0.15) is 49.8 Å². The van der Waals surface area contributed by atoms with Crippen LogP contribution in [0, 0.1) is 5.92 Å². The van der Waals surface area contributed by atoms with Crippen molar-refractivity contribution in [1.82, 2.24) is 14.7 Å². The molecule has 2 atom stereocenters. The molecule has 0 N–H and O–H groups in total. The van der Waals surface area contributed by atoms with Crippen molar-refractivity contribution in [3.63, 3.8) is 0 Å². The molecule has 0 aromatic heterocycles. The zero-order valence-corrected chi connectivity index (χ0v) is 20.8. The van der Waals surface area contributed by atoms with Crippen LogP contribution >= 0.6 is 0 Å². The molecule has 2 aromatic carbocycles. The van der Waals surface area contributed by atoms with Gasteiger partial charge in [0.15, 0.2) is 0 Å².